The highest BCUT2D eigenvalue weighted by atomic mass is 35.5. The van der Waals surface area contributed by atoms with Gasteiger partial charge >= 0.3 is 0 Å². The Morgan fingerprint density at radius 1 is 1.05 bits per heavy atom. The lowest BCUT2D eigenvalue weighted by molar-refractivity contribution is 0.315. The van der Waals surface area contributed by atoms with Gasteiger partial charge in [-0.3, -0.25) is 9.03 Å². The second-order valence-corrected chi connectivity index (χ2v) is 13.5. The van der Waals surface area contributed by atoms with E-state index in [9.17, 15) is 16.8 Å². The van der Waals surface area contributed by atoms with Gasteiger partial charge in [-0.25, -0.2) is 21.8 Å². The van der Waals surface area contributed by atoms with Crippen LogP contribution < -0.4 is 24.0 Å². The molecule has 1 aliphatic heterocycles. The molecule has 1 fully saturated rings. The molecule has 40 heavy (non-hydrogen) atoms. The van der Waals surface area contributed by atoms with Crippen LogP contribution >= 0.6 is 11.6 Å². The molecule has 0 radical (unpaired) electrons. The summed E-state index contributed by atoms with van der Waals surface area (Å²) in [5.74, 6) is 1.01. The molecule has 0 aliphatic carbocycles. The van der Waals surface area contributed by atoms with Crippen LogP contribution in [0.3, 0.4) is 0 Å². The summed E-state index contributed by atoms with van der Waals surface area (Å²) in [6.45, 7) is 1.72. The normalized spacial score (nSPS) is 15.8. The van der Waals surface area contributed by atoms with Gasteiger partial charge in [-0.1, -0.05) is 23.7 Å². The number of methoxy groups -OCH3 is 1. The molecular formula is C24H31ClN8O5S2. The Labute approximate surface area is 239 Å². The minimum atomic E-state index is -4.29. The van der Waals surface area contributed by atoms with Crippen LogP contribution in [0.15, 0.2) is 47.5 Å². The van der Waals surface area contributed by atoms with Crippen molar-refractivity contribution in [1.82, 2.24) is 19.9 Å². The average Bonchev–Trinajstić information content (AvgIpc) is 3.40. The fourth-order valence-electron chi connectivity index (χ4n) is 4.23. The van der Waals surface area contributed by atoms with Crippen LogP contribution in [0.4, 0.5) is 29.0 Å². The molecule has 1 aliphatic rings. The molecule has 1 atom stereocenters. The highest BCUT2D eigenvalue weighted by Crippen LogP contribution is 2.33. The molecule has 0 bridgehead atoms. The lowest BCUT2D eigenvalue weighted by atomic mass is 10.2. The van der Waals surface area contributed by atoms with Crippen molar-refractivity contribution < 1.29 is 21.6 Å². The van der Waals surface area contributed by atoms with E-state index >= 15 is 0 Å². The van der Waals surface area contributed by atoms with Crippen molar-refractivity contribution >= 4 is 60.6 Å². The molecule has 3 aromatic rings. The molecule has 1 saturated heterocycles. The van der Waals surface area contributed by atoms with E-state index in [2.05, 4.69) is 48.9 Å². The van der Waals surface area contributed by atoms with Crippen LogP contribution in [0, 0.1) is 0 Å². The van der Waals surface area contributed by atoms with E-state index in [-0.39, 0.29) is 27.4 Å². The lowest BCUT2D eigenvalue weighted by Crippen LogP contribution is -2.31. The number of hydrogen-bond donors (Lipinski definition) is 2. The second kappa shape index (κ2) is 11.6. The number of likely N-dealkylation sites (N-methyl/N-ethyl adjacent to an activating group) is 1. The standard InChI is InChI=1S/C24H31ClN8O5S2/c1-31(2)16-12-13-33(15-16)21-11-10-19(23(28-21)38-4)27-24-26-14-17(25)22(29-24)32(3)40(36,37)20-9-7-6-8-18(20)30-39(5,34)35/h6-11,14,16,30H,12-13,15H2,1-5H3,(H,26,27,29). The van der Waals surface area contributed by atoms with Crippen molar-refractivity contribution in [3.05, 3.63) is 47.6 Å². The smallest absolute Gasteiger partial charge is 0.267 e. The van der Waals surface area contributed by atoms with E-state index in [4.69, 9.17) is 16.3 Å². The molecule has 3 heterocycles. The van der Waals surface area contributed by atoms with Gasteiger partial charge in [0, 0.05) is 26.2 Å². The van der Waals surface area contributed by atoms with Gasteiger partial charge < -0.3 is 19.9 Å². The maximum absolute atomic E-state index is 13.5. The van der Waals surface area contributed by atoms with Gasteiger partial charge in [0.25, 0.3) is 10.0 Å². The van der Waals surface area contributed by atoms with Gasteiger partial charge in [-0.05, 0) is 44.8 Å². The van der Waals surface area contributed by atoms with Crippen LogP contribution in [0.25, 0.3) is 0 Å². The third-order valence-electron chi connectivity index (χ3n) is 6.35. The second-order valence-electron chi connectivity index (χ2n) is 9.41. The van der Waals surface area contributed by atoms with Crippen molar-refractivity contribution in [1.29, 1.82) is 0 Å². The largest absolute Gasteiger partial charge is 0.479 e. The molecule has 1 unspecified atom stereocenters. The minimum Gasteiger partial charge on any atom is -0.479 e. The Morgan fingerprint density at radius 2 is 1.77 bits per heavy atom. The van der Waals surface area contributed by atoms with Crippen LogP contribution in [0.2, 0.25) is 5.02 Å². The molecule has 16 heteroatoms. The topological polar surface area (TPSA) is 150 Å². The van der Waals surface area contributed by atoms with Crippen LogP contribution in [-0.4, -0.2) is 90.3 Å². The SMILES string of the molecule is COc1nc(N2CCC(N(C)C)C2)ccc1Nc1ncc(Cl)c(N(C)S(=O)(=O)c2ccccc2NS(C)(=O)=O)n1. The van der Waals surface area contributed by atoms with E-state index in [1.807, 2.05) is 6.07 Å². The van der Waals surface area contributed by atoms with Crippen LogP contribution in [-0.2, 0) is 20.0 Å². The average molecular weight is 611 g/mol. The number of nitrogens with one attached hydrogen (secondary N) is 2. The van der Waals surface area contributed by atoms with Crippen molar-refractivity contribution in [2.45, 2.75) is 17.4 Å². The number of halogens is 1. The Morgan fingerprint density at radius 3 is 2.42 bits per heavy atom. The molecule has 0 spiro atoms. The number of ether oxygens (including phenoxy) is 1. The molecule has 216 valence electrons. The number of anilines is 5. The molecule has 0 amide bonds. The number of nitrogens with zero attached hydrogens (tertiary/aromatic N) is 6. The number of aromatic nitrogens is 3. The number of hydrogen-bond acceptors (Lipinski definition) is 11. The maximum atomic E-state index is 13.5. The molecular weight excluding hydrogens is 580 g/mol. The van der Waals surface area contributed by atoms with Crippen molar-refractivity contribution in [3.8, 4) is 5.88 Å². The van der Waals surface area contributed by atoms with Crippen LogP contribution in [0.1, 0.15) is 6.42 Å². The fourth-order valence-corrected chi connectivity index (χ4v) is 6.44. The van der Waals surface area contributed by atoms with Crippen LogP contribution in [0.5, 0.6) is 5.88 Å². The Balaban J connectivity index is 1.61. The fraction of sp³-hybridized carbons (Fsp3) is 0.375. The molecule has 2 aromatic heterocycles. The zero-order valence-electron chi connectivity index (χ0n) is 22.7. The summed E-state index contributed by atoms with van der Waals surface area (Å²) < 4.78 is 59.2. The van der Waals surface area contributed by atoms with E-state index in [1.54, 1.807) is 6.07 Å². The van der Waals surface area contributed by atoms with Gasteiger partial charge in [0.15, 0.2) is 5.82 Å². The van der Waals surface area contributed by atoms with Gasteiger partial charge in [-0.15, -0.1) is 0 Å². The molecule has 13 nitrogen and oxygen atoms in total. The van der Waals surface area contributed by atoms with Crippen molar-refractivity contribution in [2.24, 2.45) is 0 Å². The van der Waals surface area contributed by atoms with Crippen molar-refractivity contribution in [2.75, 3.05) is 66.8 Å². The molecule has 0 saturated carbocycles. The van der Waals surface area contributed by atoms with Gasteiger partial charge in [0.05, 0.1) is 25.2 Å². The summed E-state index contributed by atoms with van der Waals surface area (Å²) in [6, 6.07) is 9.72. The molecule has 4 rings (SSSR count). The first-order chi connectivity index (χ1) is 18.8. The van der Waals surface area contributed by atoms with E-state index in [1.165, 1.54) is 44.6 Å². The summed E-state index contributed by atoms with van der Waals surface area (Å²) >= 11 is 6.30. The zero-order chi connectivity index (χ0) is 29.2. The summed E-state index contributed by atoms with van der Waals surface area (Å²) in [6.07, 6.45) is 3.23. The number of pyridine rings is 1. The first kappa shape index (κ1) is 29.6. The number of sulfonamides is 2. The predicted octanol–water partition coefficient (Wildman–Crippen LogP) is 2.61. The minimum absolute atomic E-state index is 0.0323. The number of rotatable bonds is 10. The Kier molecular flexibility index (Phi) is 8.58. The Bertz CT molecular complexity index is 1600. The predicted molar refractivity (Wildman–Crippen MR) is 156 cm³/mol. The lowest BCUT2D eigenvalue weighted by Gasteiger charge is -2.22. The third-order valence-corrected chi connectivity index (χ3v) is 9.01. The zero-order valence-corrected chi connectivity index (χ0v) is 25.0. The summed E-state index contributed by atoms with van der Waals surface area (Å²) in [5.41, 5.74) is 0.363. The Hall–Kier alpha value is -3.40. The number of benzene rings is 1. The highest BCUT2D eigenvalue weighted by Gasteiger charge is 2.29. The summed E-state index contributed by atoms with van der Waals surface area (Å²) in [7, 11) is -1.15. The first-order valence-corrected chi connectivity index (χ1v) is 15.8. The van der Waals surface area contributed by atoms with E-state index < -0.39 is 20.0 Å². The van der Waals surface area contributed by atoms with Gasteiger partial charge in [-0.2, -0.15) is 9.97 Å². The monoisotopic (exact) mass is 610 g/mol. The maximum Gasteiger partial charge on any atom is 0.267 e. The quantitative estimate of drug-likeness (QED) is 0.349. The third kappa shape index (κ3) is 6.49. The molecule has 2 N–H and O–H groups in total. The highest BCUT2D eigenvalue weighted by molar-refractivity contribution is 7.93. The molecule has 1 aromatic carbocycles. The van der Waals surface area contributed by atoms with E-state index in [0.29, 0.717) is 17.6 Å². The van der Waals surface area contributed by atoms with Crippen molar-refractivity contribution in [3.63, 3.8) is 0 Å². The number of para-hydroxylation sites is 1. The summed E-state index contributed by atoms with van der Waals surface area (Å²) in [5, 5.41) is 2.98. The first-order valence-electron chi connectivity index (χ1n) is 12.1. The van der Waals surface area contributed by atoms with E-state index in [0.717, 1.165) is 35.9 Å². The summed E-state index contributed by atoms with van der Waals surface area (Å²) in [4.78, 5) is 17.2. The van der Waals surface area contributed by atoms with Gasteiger partial charge in [0.1, 0.15) is 21.4 Å². The van der Waals surface area contributed by atoms with Gasteiger partial charge in [0.2, 0.25) is 21.9 Å².